The highest BCUT2D eigenvalue weighted by Gasteiger charge is 2.32. The van der Waals surface area contributed by atoms with Crippen molar-refractivity contribution in [1.29, 1.82) is 0 Å². The van der Waals surface area contributed by atoms with Gasteiger partial charge in [-0.15, -0.1) is 0 Å². The summed E-state index contributed by atoms with van der Waals surface area (Å²) >= 11 is 3.24. The van der Waals surface area contributed by atoms with Gasteiger partial charge in [0.2, 0.25) is 0 Å². The summed E-state index contributed by atoms with van der Waals surface area (Å²) in [6, 6.07) is 9.06. The molecule has 154 valence electrons. The van der Waals surface area contributed by atoms with Gasteiger partial charge in [0.15, 0.2) is 0 Å². The fourth-order valence-electron chi connectivity index (χ4n) is 3.40. The number of fused-ring (bicyclic) bond motifs is 2. The fraction of sp³-hybridized carbons (Fsp3) is 0.263. The van der Waals surface area contributed by atoms with Gasteiger partial charge in [-0.05, 0) is 42.5 Å². The van der Waals surface area contributed by atoms with Crippen LogP contribution in [0, 0.1) is 0 Å². The Labute approximate surface area is 173 Å². The third-order valence-electron chi connectivity index (χ3n) is 4.86. The lowest BCUT2D eigenvalue weighted by atomic mass is 10.1. The first kappa shape index (κ1) is 20.1. The Morgan fingerprint density at radius 2 is 1.90 bits per heavy atom. The maximum atomic E-state index is 13.4. The van der Waals surface area contributed by atoms with Crippen LogP contribution in [0.3, 0.4) is 0 Å². The van der Waals surface area contributed by atoms with Crippen LogP contribution in [0.5, 0.6) is 5.75 Å². The number of hydrogen-bond acceptors (Lipinski definition) is 4. The molecule has 1 aromatic heterocycles. The highest BCUT2D eigenvalue weighted by molar-refractivity contribution is 9.08. The zero-order valence-electron chi connectivity index (χ0n) is 15.2. The number of rotatable bonds is 3. The number of benzene rings is 2. The molecule has 5 nitrogen and oxygen atoms in total. The van der Waals surface area contributed by atoms with Crippen LogP contribution in [0.4, 0.5) is 18.9 Å². The van der Waals surface area contributed by atoms with Gasteiger partial charge < -0.3 is 9.64 Å². The monoisotopic (exact) mass is 488 g/mol. The molecule has 0 bridgehead atoms. The van der Waals surface area contributed by atoms with Gasteiger partial charge in [-0.3, -0.25) is 0 Å². The Kier molecular flexibility index (Phi) is 4.81. The molecule has 29 heavy (non-hydrogen) atoms. The van der Waals surface area contributed by atoms with Gasteiger partial charge in [0.1, 0.15) is 12.4 Å². The number of aromatic nitrogens is 1. The van der Waals surface area contributed by atoms with Crippen molar-refractivity contribution in [2.45, 2.75) is 16.4 Å². The molecule has 2 heterocycles. The van der Waals surface area contributed by atoms with Crippen molar-refractivity contribution in [2.75, 3.05) is 25.1 Å². The van der Waals surface area contributed by atoms with E-state index in [1.54, 1.807) is 6.07 Å². The van der Waals surface area contributed by atoms with Crippen molar-refractivity contribution in [3.05, 3.63) is 53.7 Å². The summed E-state index contributed by atoms with van der Waals surface area (Å²) in [4.78, 5) is 1.93. The van der Waals surface area contributed by atoms with E-state index in [1.165, 1.54) is 24.3 Å². The van der Waals surface area contributed by atoms with E-state index in [0.29, 0.717) is 30.3 Å². The van der Waals surface area contributed by atoms with Gasteiger partial charge in [-0.2, -0.15) is 13.2 Å². The minimum absolute atomic E-state index is 0.0354. The van der Waals surface area contributed by atoms with E-state index in [0.717, 1.165) is 16.1 Å². The molecule has 3 aromatic rings. The zero-order chi connectivity index (χ0) is 21.0. The molecule has 0 N–H and O–H groups in total. The van der Waals surface area contributed by atoms with Crippen LogP contribution in [0.2, 0.25) is 0 Å². The van der Waals surface area contributed by atoms with Gasteiger partial charge >= 0.3 is 6.18 Å². The van der Waals surface area contributed by atoms with E-state index >= 15 is 0 Å². The SMILES string of the molecule is CN1CCOc2ccc(S(=O)(=O)n3c(CBr)cc4cc(C(F)(F)F)ccc43)cc21. The van der Waals surface area contributed by atoms with Crippen LogP contribution < -0.4 is 9.64 Å². The van der Waals surface area contributed by atoms with Crippen LogP contribution in [0.1, 0.15) is 11.3 Å². The van der Waals surface area contributed by atoms with Crippen molar-refractivity contribution < 1.29 is 26.3 Å². The number of hydrogen-bond donors (Lipinski definition) is 0. The molecule has 4 rings (SSSR count). The molecule has 0 saturated heterocycles. The lowest BCUT2D eigenvalue weighted by Crippen LogP contribution is -2.29. The molecule has 1 aliphatic rings. The molecule has 2 aromatic carbocycles. The van der Waals surface area contributed by atoms with Crippen LogP contribution in [0.15, 0.2) is 47.4 Å². The van der Waals surface area contributed by atoms with Gasteiger partial charge in [0.05, 0.1) is 28.2 Å². The van der Waals surface area contributed by atoms with E-state index in [4.69, 9.17) is 4.74 Å². The van der Waals surface area contributed by atoms with Crippen LogP contribution in [-0.2, 0) is 21.5 Å². The number of likely N-dealkylation sites (N-methyl/N-ethyl adjacent to an activating group) is 1. The van der Waals surface area contributed by atoms with Crippen molar-refractivity contribution >= 4 is 42.5 Å². The summed E-state index contributed by atoms with van der Waals surface area (Å²) in [6.07, 6.45) is -4.51. The predicted molar refractivity (Wildman–Crippen MR) is 107 cm³/mol. The average molecular weight is 489 g/mol. The predicted octanol–water partition coefficient (Wildman–Crippen LogP) is 4.62. The Morgan fingerprint density at radius 1 is 1.14 bits per heavy atom. The summed E-state index contributed by atoms with van der Waals surface area (Å²) in [6.45, 7) is 1.13. The van der Waals surface area contributed by atoms with Crippen molar-refractivity contribution in [1.82, 2.24) is 3.97 Å². The van der Waals surface area contributed by atoms with Gasteiger partial charge in [-0.25, -0.2) is 12.4 Å². The van der Waals surface area contributed by atoms with E-state index in [1.807, 2.05) is 11.9 Å². The van der Waals surface area contributed by atoms with Crippen LogP contribution >= 0.6 is 15.9 Å². The molecule has 0 radical (unpaired) electrons. The molecule has 0 fully saturated rings. The highest BCUT2D eigenvalue weighted by Crippen LogP contribution is 2.36. The molecule has 10 heteroatoms. The lowest BCUT2D eigenvalue weighted by Gasteiger charge is -2.28. The molecular formula is C19H16BrF3N2O3S. The van der Waals surface area contributed by atoms with Gasteiger partial charge in [0, 0.05) is 23.5 Å². The third kappa shape index (κ3) is 3.38. The Morgan fingerprint density at radius 3 is 2.59 bits per heavy atom. The normalized spacial score (nSPS) is 14.7. The maximum Gasteiger partial charge on any atom is 0.416 e. The fourth-order valence-corrected chi connectivity index (χ4v) is 5.54. The second kappa shape index (κ2) is 6.94. The summed E-state index contributed by atoms with van der Waals surface area (Å²) in [5.74, 6) is 0.589. The molecule has 1 aliphatic heterocycles. The molecule has 0 atom stereocenters. The second-order valence-corrected chi connectivity index (χ2v) is 9.06. The molecule has 0 aliphatic carbocycles. The molecule has 0 amide bonds. The number of halogens is 4. The first-order valence-corrected chi connectivity index (χ1v) is 11.2. The number of ether oxygens (including phenoxy) is 1. The van der Waals surface area contributed by atoms with Gasteiger partial charge in [-0.1, -0.05) is 15.9 Å². The lowest BCUT2D eigenvalue weighted by molar-refractivity contribution is -0.137. The number of nitrogens with zero attached hydrogens (tertiary/aromatic N) is 2. The largest absolute Gasteiger partial charge is 0.490 e. The zero-order valence-corrected chi connectivity index (χ0v) is 17.6. The summed E-state index contributed by atoms with van der Waals surface area (Å²) < 4.78 is 72.6. The standard InChI is InChI=1S/C19H16BrF3N2O3S/c1-24-6-7-28-18-5-3-15(10-17(18)24)29(26,27)25-14(11-20)9-12-8-13(19(21,22)23)2-4-16(12)25/h2-5,8-10H,6-7,11H2,1H3. The van der Waals surface area contributed by atoms with Crippen molar-refractivity contribution in [2.24, 2.45) is 0 Å². The summed E-state index contributed by atoms with van der Waals surface area (Å²) in [5.41, 5.74) is 0.346. The summed E-state index contributed by atoms with van der Waals surface area (Å²) in [7, 11) is -2.21. The maximum absolute atomic E-state index is 13.4. The second-order valence-electron chi connectivity index (χ2n) is 6.71. The van der Waals surface area contributed by atoms with Gasteiger partial charge in [0.25, 0.3) is 10.0 Å². The van der Waals surface area contributed by atoms with E-state index < -0.39 is 21.8 Å². The van der Waals surface area contributed by atoms with E-state index in [2.05, 4.69) is 15.9 Å². The minimum atomic E-state index is -4.51. The highest BCUT2D eigenvalue weighted by atomic mass is 79.9. The molecular weight excluding hydrogens is 473 g/mol. The smallest absolute Gasteiger partial charge is 0.416 e. The average Bonchev–Trinajstić information content (AvgIpc) is 3.06. The minimum Gasteiger partial charge on any atom is -0.490 e. The quantitative estimate of drug-likeness (QED) is 0.504. The number of alkyl halides is 4. The Hall–Kier alpha value is -2.20. The van der Waals surface area contributed by atoms with Crippen molar-refractivity contribution in [3.63, 3.8) is 0 Å². The third-order valence-corrected chi connectivity index (χ3v) is 7.19. The first-order valence-electron chi connectivity index (χ1n) is 8.64. The van der Waals surface area contributed by atoms with Crippen molar-refractivity contribution in [3.8, 4) is 5.75 Å². The number of anilines is 1. The summed E-state index contributed by atoms with van der Waals surface area (Å²) in [5, 5.41) is 0.368. The van der Waals surface area contributed by atoms with Crippen LogP contribution in [-0.4, -0.2) is 32.6 Å². The topological polar surface area (TPSA) is 51.5 Å². The Balaban J connectivity index is 1.90. The van der Waals surface area contributed by atoms with Crippen LogP contribution in [0.25, 0.3) is 10.9 Å². The molecule has 0 spiro atoms. The van der Waals surface area contributed by atoms with E-state index in [-0.39, 0.29) is 21.1 Å². The first-order chi connectivity index (χ1) is 13.6. The Bertz CT molecular complexity index is 1210. The molecule has 0 unspecified atom stereocenters. The van der Waals surface area contributed by atoms with E-state index in [9.17, 15) is 21.6 Å². The molecule has 0 saturated carbocycles.